The quantitative estimate of drug-likeness (QED) is 0.583. The van der Waals surface area contributed by atoms with Crippen LogP contribution in [0.25, 0.3) is 0 Å². The van der Waals surface area contributed by atoms with Gasteiger partial charge in [0.25, 0.3) is 0 Å². The normalized spacial score (nSPS) is 17.2. The molecule has 0 saturated heterocycles. The van der Waals surface area contributed by atoms with Crippen LogP contribution in [0.2, 0.25) is 0 Å². The molecule has 126 valence electrons. The second-order valence-corrected chi connectivity index (χ2v) is 7.81. The number of carbonyl (C=O) groups is 1. The molecule has 0 aromatic rings. The summed E-state index contributed by atoms with van der Waals surface area (Å²) in [5, 5.41) is 0. The first-order chi connectivity index (χ1) is 9.65. The third-order valence-corrected chi connectivity index (χ3v) is 4.42. The number of ether oxygens (including phenoxy) is 1. The molecule has 0 radical (unpaired) electrons. The zero-order chi connectivity index (χ0) is 16.7. The van der Waals surface area contributed by atoms with Gasteiger partial charge in [-0.05, 0) is 58.8 Å². The first-order valence-electron chi connectivity index (χ1n) is 8.88. The molecule has 0 bridgehead atoms. The van der Waals surface area contributed by atoms with Gasteiger partial charge in [0, 0.05) is 0 Å². The topological polar surface area (TPSA) is 26.3 Å². The molecule has 1 rings (SSSR count). The van der Waals surface area contributed by atoms with E-state index in [0.29, 0.717) is 11.8 Å². The summed E-state index contributed by atoms with van der Waals surface area (Å²) in [5.74, 6) is 1.01. The Hall–Kier alpha value is -0.530. The highest BCUT2D eigenvalue weighted by molar-refractivity contribution is 5.76. The van der Waals surface area contributed by atoms with Gasteiger partial charge in [0.05, 0.1) is 5.41 Å². The predicted octanol–water partition coefficient (Wildman–Crippen LogP) is 5.99. The average molecular weight is 299 g/mol. The third-order valence-electron chi connectivity index (χ3n) is 4.42. The molecule has 21 heavy (non-hydrogen) atoms. The second-order valence-electron chi connectivity index (χ2n) is 7.81. The molecule has 0 aromatic carbocycles. The van der Waals surface area contributed by atoms with Crippen LogP contribution >= 0.6 is 0 Å². The van der Waals surface area contributed by atoms with Gasteiger partial charge < -0.3 is 4.74 Å². The van der Waals surface area contributed by atoms with Crippen molar-refractivity contribution in [1.82, 2.24) is 0 Å². The minimum absolute atomic E-state index is 0.0308. The van der Waals surface area contributed by atoms with Gasteiger partial charge in [0.1, 0.15) is 5.60 Å². The van der Waals surface area contributed by atoms with Crippen molar-refractivity contribution in [3.63, 3.8) is 0 Å². The molecule has 0 spiro atoms. The average Bonchev–Trinajstić information content (AvgIpc) is 2.40. The smallest absolute Gasteiger partial charge is 0.312 e. The Morgan fingerprint density at radius 3 is 1.95 bits per heavy atom. The molecule has 0 N–H and O–H groups in total. The summed E-state index contributed by atoms with van der Waals surface area (Å²) < 4.78 is 5.90. The van der Waals surface area contributed by atoms with Crippen molar-refractivity contribution in [2.75, 3.05) is 0 Å². The molecule has 1 saturated carbocycles. The molecule has 1 aliphatic rings. The highest BCUT2D eigenvalue weighted by Crippen LogP contribution is 2.37. The predicted molar refractivity (Wildman–Crippen MR) is 91.3 cm³/mol. The van der Waals surface area contributed by atoms with Crippen LogP contribution in [-0.2, 0) is 9.53 Å². The minimum Gasteiger partial charge on any atom is -0.459 e. The molecule has 0 aliphatic heterocycles. The Bertz CT molecular complexity index is 297. The van der Waals surface area contributed by atoms with E-state index >= 15 is 0 Å². The summed E-state index contributed by atoms with van der Waals surface area (Å²) in [6, 6.07) is 0. The van der Waals surface area contributed by atoms with Gasteiger partial charge in [0.2, 0.25) is 0 Å². The van der Waals surface area contributed by atoms with Crippen LogP contribution in [0, 0.1) is 17.3 Å². The molecule has 0 aromatic heterocycles. The highest BCUT2D eigenvalue weighted by atomic mass is 16.6. The van der Waals surface area contributed by atoms with E-state index in [4.69, 9.17) is 4.74 Å². The Morgan fingerprint density at radius 1 is 1.05 bits per heavy atom. The Kier molecular flexibility index (Phi) is 8.58. The number of rotatable bonds is 5. The standard InChI is InChI=1S/C17H32O2.C2H6/c1-13(2)12-16(3,4)15(18)19-17(5,6)14-10-8-7-9-11-14;1-2/h13-14H,7-12H2,1-6H3;1-2H3. The minimum atomic E-state index is -0.375. The number of esters is 1. The Morgan fingerprint density at radius 2 is 1.52 bits per heavy atom. The SMILES string of the molecule is CC.CC(C)CC(C)(C)C(=O)OC(C)(C)C1CCCCC1. The van der Waals surface area contributed by atoms with Gasteiger partial charge in [-0.25, -0.2) is 0 Å². The van der Waals surface area contributed by atoms with Crippen molar-refractivity contribution in [3.8, 4) is 0 Å². The number of hydrogen-bond acceptors (Lipinski definition) is 2. The number of carbonyl (C=O) groups excluding carboxylic acids is 1. The molecule has 0 atom stereocenters. The maximum Gasteiger partial charge on any atom is 0.312 e. The molecule has 0 heterocycles. The van der Waals surface area contributed by atoms with Gasteiger partial charge in [-0.3, -0.25) is 4.79 Å². The fourth-order valence-corrected chi connectivity index (χ4v) is 3.36. The zero-order valence-electron chi connectivity index (χ0n) is 15.7. The molecule has 1 fully saturated rings. The van der Waals surface area contributed by atoms with Crippen molar-refractivity contribution in [1.29, 1.82) is 0 Å². The summed E-state index contributed by atoms with van der Waals surface area (Å²) in [4.78, 5) is 12.4. The summed E-state index contributed by atoms with van der Waals surface area (Å²) in [6.07, 6.45) is 7.17. The highest BCUT2D eigenvalue weighted by Gasteiger charge is 2.38. The zero-order valence-corrected chi connectivity index (χ0v) is 15.7. The van der Waals surface area contributed by atoms with E-state index in [1.54, 1.807) is 0 Å². The molecule has 2 heteroatoms. The fraction of sp³-hybridized carbons (Fsp3) is 0.947. The maximum absolute atomic E-state index is 12.4. The van der Waals surface area contributed by atoms with Gasteiger partial charge in [-0.1, -0.05) is 47.0 Å². The van der Waals surface area contributed by atoms with Crippen LogP contribution in [0.4, 0.5) is 0 Å². The summed E-state index contributed by atoms with van der Waals surface area (Å²) >= 11 is 0. The first-order valence-corrected chi connectivity index (χ1v) is 8.88. The van der Waals surface area contributed by atoms with Gasteiger partial charge >= 0.3 is 5.97 Å². The molecule has 2 nitrogen and oxygen atoms in total. The van der Waals surface area contributed by atoms with Gasteiger partial charge in [0.15, 0.2) is 0 Å². The van der Waals surface area contributed by atoms with Crippen LogP contribution in [0.3, 0.4) is 0 Å². The lowest BCUT2D eigenvalue weighted by atomic mass is 9.78. The van der Waals surface area contributed by atoms with E-state index in [0.717, 1.165) is 6.42 Å². The lowest BCUT2D eigenvalue weighted by Gasteiger charge is -2.39. The van der Waals surface area contributed by atoms with Crippen LogP contribution in [0.15, 0.2) is 0 Å². The largest absolute Gasteiger partial charge is 0.459 e. The molecular weight excluding hydrogens is 260 g/mol. The summed E-state index contributed by atoms with van der Waals surface area (Å²) in [6.45, 7) is 16.5. The van der Waals surface area contributed by atoms with E-state index in [1.165, 1.54) is 32.1 Å². The lowest BCUT2D eigenvalue weighted by molar-refractivity contribution is -0.174. The van der Waals surface area contributed by atoms with Gasteiger partial charge in [-0.15, -0.1) is 0 Å². The second kappa shape index (κ2) is 8.80. The monoisotopic (exact) mass is 298 g/mol. The van der Waals surface area contributed by atoms with E-state index in [-0.39, 0.29) is 17.0 Å². The van der Waals surface area contributed by atoms with Crippen molar-refractivity contribution < 1.29 is 9.53 Å². The van der Waals surface area contributed by atoms with Crippen molar-refractivity contribution in [2.45, 2.75) is 99.5 Å². The van der Waals surface area contributed by atoms with Crippen LogP contribution in [0.5, 0.6) is 0 Å². The molecule has 0 amide bonds. The number of hydrogen-bond donors (Lipinski definition) is 0. The summed E-state index contributed by atoms with van der Waals surface area (Å²) in [5.41, 5.74) is -0.689. The molecule has 1 aliphatic carbocycles. The maximum atomic E-state index is 12.4. The Balaban J connectivity index is 0.00000191. The summed E-state index contributed by atoms with van der Waals surface area (Å²) in [7, 11) is 0. The molecular formula is C19H38O2. The van der Waals surface area contributed by atoms with Crippen LogP contribution < -0.4 is 0 Å². The van der Waals surface area contributed by atoms with Crippen molar-refractivity contribution in [3.05, 3.63) is 0 Å². The van der Waals surface area contributed by atoms with E-state index in [1.807, 2.05) is 27.7 Å². The molecule has 0 unspecified atom stereocenters. The van der Waals surface area contributed by atoms with Gasteiger partial charge in [-0.2, -0.15) is 0 Å². The fourth-order valence-electron chi connectivity index (χ4n) is 3.36. The van der Waals surface area contributed by atoms with E-state index < -0.39 is 0 Å². The van der Waals surface area contributed by atoms with Crippen LogP contribution in [-0.4, -0.2) is 11.6 Å². The van der Waals surface area contributed by atoms with Crippen molar-refractivity contribution >= 4 is 5.97 Å². The first kappa shape index (κ1) is 20.5. The third kappa shape index (κ3) is 6.84. The van der Waals surface area contributed by atoms with Crippen molar-refractivity contribution in [2.24, 2.45) is 17.3 Å². The van der Waals surface area contributed by atoms with E-state index in [9.17, 15) is 4.79 Å². The van der Waals surface area contributed by atoms with E-state index in [2.05, 4.69) is 27.7 Å². The van der Waals surface area contributed by atoms with Crippen LogP contribution in [0.1, 0.15) is 93.9 Å². The lowest BCUT2D eigenvalue weighted by Crippen LogP contribution is -2.42. The Labute approximate surface area is 133 Å².